The monoisotopic (exact) mass is 357 g/mol. The van der Waals surface area contributed by atoms with Crippen molar-refractivity contribution in [3.05, 3.63) is 27.7 Å². The number of nitrogens with zero attached hydrogens (tertiary/aromatic N) is 1. The van der Waals surface area contributed by atoms with Gasteiger partial charge in [0.1, 0.15) is 4.90 Å². The van der Waals surface area contributed by atoms with Crippen LogP contribution in [-0.4, -0.2) is 32.3 Å². The molecule has 0 saturated carbocycles. The molecule has 1 aromatic rings. The first kappa shape index (κ1) is 17.6. The van der Waals surface area contributed by atoms with E-state index in [0.717, 1.165) is 12.5 Å². The predicted molar refractivity (Wildman–Crippen MR) is 81.4 cm³/mol. The standard InChI is InChI=1S/C12H14Cl3NO3S/c1-3-5-16(4-2)12(17)8-6-9(13)11(14)10(7-8)20(15,18)19/h6-7H,3-5H2,1-2H3. The first-order valence-electron chi connectivity index (χ1n) is 5.95. The van der Waals surface area contributed by atoms with Crippen LogP contribution in [0.3, 0.4) is 0 Å². The van der Waals surface area contributed by atoms with E-state index in [2.05, 4.69) is 0 Å². The van der Waals surface area contributed by atoms with Crippen molar-refractivity contribution in [3.63, 3.8) is 0 Å². The summed E-state index contributed by atoms with van der Waals surface area (Å²) in [6, 6.07) is 2.49. The Kier molecular flexibility index (Phi) is 6.13. The third-order valence-electron chi connectivity index (χ3n) is 2.67. The van der Waals surface area contributed by atoms with Crippen LogP contribution in [0.5, 0.6) is 0 Å². The number of carbonyl (C=O) groups excluding carboxylic acids is 1. The number of benzene rings is 1. The highest BCUT2D eigenvalue weighted by atomic mass is 35.7. The van der Waals surface area contributed by atoms with Gasteiger partial charge in [0.15, 0.2) is 0 Å². The van der Waals surface area contributed by atoms with Gasteiger partial charge in [-0.05, 0) is 25.5 Å². The minimum atomic E-state index is -4.07. The summed E-state index contributed by atoms with van der Waals surface area (Å²) in [6.45, 7) is 4.86. The van der Waals surface area contributed by atoms with Crippen molar-refractivity contribution in [2.45, 2.75) is 25.2 Å². The maximum atomic E-state index is 12.3. The van der Waals surface area contributed by atoms with Gasteiger partial charge in [-0.15, -0.1) is 0 Å². The lowest BCUT2D eigenvalue weighted by atomic mass is 10.2. The lowest BCUT2D eigenvalue weighted by Crippen LogP contribution is -2.31. The highest BCUT2D eigenvalue weighted by Crippen LogP contribution is 2.33. The quantitative estimate of drug-likeness (QED) is 0.752. The predicted octanol–water partition coefficient (Wildman–Crippen LogP) is 3.79. The first-order chi connectivity index (χ1) is 9.22. The summed E-state index contributed by atoms with van der Waals surface area (Å²) in [5, 5.41) is -0.207. The molecule has 0 saturated heterocycles. The second-order valence-electron chi connectivity index (χ2n) is 4.09. The van der Waals surface area contributed by atoms with Gasteiger partial charge in [-0.2, -0.15) is 0 Å². The van der Waals surface area contributed by atoms with Crippen LogP contribution in [0.15, 0.2) is 17.0 Å². The number of carbonyl (C=O) groups is 1. The molecule has 4 nitrogen and oxygen atoms in total. The van der Waals surface area contributed by atoms with E-state index in [0.29, 0.717) is 13.1 Å². The molecule has 0 unspecified atom stereocenters. The van der Waals surface area contributed by atoms with Crippen molar-refractivity contribution in [3.8, 4) is 0 Å². The topological polar surface area (TPSA) is 54.5 Å². The number of amides is 1. The second kappa shape index (κ2) is 6.98. The van der Waals surface area contributed by atoms with Crippen molar-refractivity contribution in [2.75, 3.05) is 13.1 Å². The van der Waals surface area contributed by atoms with Crippen LogP contribution in [0.1, 0.15) is 30.6 Å². The Balaban J connectivity index is 3.34. The smallest absolute Gasteiger partial charge is 0.262 e. The molecule has 0 aliphatic rings. The molecule has 20 heavy (non-hydrogen) atoms. The molecule has 0 fully saturated rings. The zero-order chi connectivity index (χ0) is 15.5. The highest BCUT2D eigenvalue weighted by molar-refractivity contribution is 8.13. The average Bonchev–Trinajstić information content (AvgIpc) is 2.36. The molecule has 1 amide bonds. The Morgan fingerprint density at radius 2 is 1.85 bits per heavy atom. The molecule has 0 atom stereocenters. The van der Waals surface area contributed by atoms with Crippen molar-refractivity contribution in [1.82, 2.24) is 4.90 Å². The summed E-state index contributed by atoms with van der Waals surface area (Å²) in [5.74, 6) is -0.311. The van der Waals surface area contributed by atoms with Gasteiger partial charge in [-0.3, -0.25) is 4.79 Å². The molecule has 0 aliphatic carbocycles. The van der Waals surface area contributed by atoms with Gasteiger partial charge in [0, 0.05) is 29.3 Å². The van der Waals surface area contributed by atoms with Gasteiger partial charge in [-0.1, -0.05) is 30.1 Å². The van der Waals surface area contributed by atoms with E-state index in [4.69, 9.17) is 33.9 Å². The van der Waals surface area contributed by atoms with Gasteiger partial charge in [0.25, 0.3) is 15.0 Å². The van der Waals surface area contributed by atoms with Gasteiger partial charge in [-0.25, -0.2) is 8.42 Å². The third kappa shape index (κ3) is 4.01. The largest absolute Gasteiger partial charge is 0.339 e. The van der Waals surface area contributed by atoms with E-state index in [9.17, 15) is 13.2 Å². The fourth-order valence-electron chi connectivity index (χ4n) is 1.72. The summed E-state index contributed by atoms with van der Waals surface area (Å²) in [5.41, 5.74) is 0.147. The summed E-state index contributed by atoms with van der Waals surface area (Å²) in [6.07, 6.45) is 0.793. The van der Waals surface area contributed by atoms with E-state index < -0.39 is 9.05 Å². The Hall–Kier alpha value is -0.490. The van der Waals surface area contributed by atoms with Gasteiger partial charge in [0.2, 0.25) is 0 Å². The van der Waals surface area contributed by atoms with Gasteiger partial charge < -0.3 is 4.90 Å². The number of hydrogen-bond donors (Lipinski definition) is 0. The van der Waals surface area contributed by atoms with E-state index >= 15 is 0 Å². The number of hydrogen-bond acceptors (Lipinski definition) is 3. The summed E-state index contributed by atoms with van der Waals surface area (Å²) in [4.78, 5) is 13.5. The summed E-state index contributed by atoms with van der Waals surface area (Å²) >= 11 is 11.7. The molecule has 1 rings (SSSR count). The third-order valence-corrected chi connectivity index (χ3v) is 4.93. The van der Waals surface area contributed by atoms with E-state index in [1.165, 1.54) is 6.07 Å². The summed E-state index contributed by atoms with van der Waals surface area (Å²) < 4.78 is 22.9. The van der Waals surface area contributed by atoms with Crippen molar-refractivity contribution < 1.29 is 13.2 Å². The lowest BCUT2D eigenvalue weighted by molar-refractivity contribution is 0.0764. The van der Waals surface area contributed by atoms with E-state index in [1.54, 1.807) is 4.90 Å². The molecule has 0 N–H and O–H groups in total. The number of rotatable bonds is 5. The fourth-order valence-corrected chi connectivity index (χ4v) is 3.49. The number of halogens is 3. The van der Waals surface area contributed by atoms with Gasteiger partial charge in [0.05, 0.1) is 10.0 Å². The molecule has 0 bridgehead atoms. The Morgan fingerprint density at radius 3 is 2.30 bits per heavy atom. The maximum absolute atomic E-state index is 12.3. The van der Waals surface area contributed by atoms with Crippen LogP contribution in [0.25, 0.3) is 0 Å². The van der Waals surface area contributed by atoms with Crippen molar-refractivity contribution in [1.29, 1.82) is 0 Å². The molecule has 0 heterocycles. The highest BCUT2D eigenvalue weighted by Gasteiger charge is 2.22. The fraction of sp³-hybridized carbons (Fsp3) is 0.417. The molecule has 0 radical (unpaired) electrons. The normalized spacial score (nSPS) is 11.4. The Bertz CT molecular complexity index is 617. The van der Waals surface area contributed by atoms with Crippen molar-refractivity contribution in [2.24, 2.45) is 0 Å². The van der Waals surface area contributed by atoms with Crippen LogP contribution < -0.4 is 0 Å². The van der Waals surface area contributed by atoms with E-state index in [-0.39, 0.29) is 26.4 Å². The molecular formula is C12H14Cl3NO3S. The molecular weight excluding hydrogens is 345 g/mol. The molecule has 112 valence electrons. The van der Waals surface area contributed by atoms with Crippen LogP contribution in [-0.2, 0) is 9.05 Å². The average molecular weight is 359 g/mol. The zero-order valence-electron chi connectivity index (χ0n) is 11.0. The molecule has 0 aliphatic heterocycles. The lowest BCUT2D eigenvalue weighted by Gasteiger charge is -2.20. The molecule has 0 spiro atoms. The Morgan fingerprint density at radius 1 is 1.25 bits per heavy atom. The van der Waals surface area contributed by atoms with Crippen LogP contribution in [0.4, 0.5) is 0 Å². The molecule has 1 aromatic carbocycles. The first-order valence-corrected chi connectivity index (χ1v) is 9.01. The minimum Gasteiger partial charge on any atom is -0.339 e. The van der Waals surface area contributed by atoms with Crippen molar-refractivity contribution >= 4 is 48.8 Å². The minimum absolute atomic E-state index is 0.0238. The zero-order valence-corrected chi connectivity index (χ0v) is 14.1. The van der Waals surface area contributed by atoms with Crippen LogP contribution in [0, 0.1) is 0 Å². The maximum Gasteiger partial charge on any atom is 0.262 e. The summed E-state index contributed by atoms with van der Waals surface area (Å²) in [7, 11) is 1.22. The van der Waals surface area contributed by atoms with Gasteiger partial charge >= 0.3 is 0 Å². The SMILES string of the molecule is CCCN(CC)C(=O)c1cc(Cl)c(Cl)c(S(=O)(=O)Cl)c1. The molecule has 0 aromatic heterocycles. The molecule has 8 heteroatoms. The van der Waals surface area contributed by atoms with Crippen LogP contribution in [0.2, 0.25) is 10.0 Å². The second-order valence-corrected chi connectivity index (χ2v) is 7.41. The van der Waals surface area contributed by atoms with Crippen LogP contribution >= 0.6 is 33.9 Å². The Labute approximate surface area is 133 Å². The van der Waals surface area contributed by atoms with E-state index in [1.807, 2.05) is 13.8 Å².